The summed E-state index contributed by atoms with van der Waals surface area (Å²) in [5, 5.41) is -0.479. The van der Waals surface area contributed by atoms with Gasteiger partial charge in [-0.25, -0.2) is 12.8 Å². The van der Waals surface area contributed by atoms with Gasteiger partial charge in [-0.1, -0.05) is 17.7 Å². The van der Waals surface area contributed by atoms with Crippen molar-refractivity contribution >= 4 is 31.3 Å². The first-order chi connectivity index (χ1) is 5.43. The molecule has 0 saturated heterocycles. The molecule has 0 aliphatic carbocycles. The smallest absolute Gasteiger partial charge is 0.207 e. The molecule has 0 aliphatic rings. The maximum absolute atomic E-state index is 12.7. The van der Waals surface area contributed by atoms with Crippen LogP contribution in [0.5, 0.6) is 0 Å². The van der Waals surface area contributed by atoms with Gasteiger partial charge < -0.3 is 0 Å². The van der Waals surface area contributed by atoms with Crippen LogP contribution >= 0.6 is 22.3 Å². The van der Waals surface area contributed by atoms with Gasteiger partial charge >= 0.3 is 0 Å². The summed E-state index contributed by atoms with van der Waals surface area (Å²) in [6.45, 7) is 0. The first-order valence-corrected chi connectivity index (χ1v) is 5.50. The fourth-order valence-corrected chi connectivity index (χ4v) is 2.16. The quantitative estimate of drug-likeness (QED) is 0.693. The molecule has 0 aromatic heterocycles. The molecule has 0 spiro atoms. The predicted molar refractivity (Wildman–Crippen MR) is 44.4 cm³/mol. The normalized spacial score (nSPS) is 11.6. The van der Waals surface area contributed by atoms with Crippen molar-refractivity contribution < 1.29 is 12.8 Å². The molecule has 0 bridgehead atoms. The zero-order valence-electron chi connectivity index (χ0n) is 5.59. The van der Waals surface area contributed by atoms with E-state index in [9.17, 15) is 12.8 Å². The minimum atomic E-state index is -3.96. The second-order valence-corrected chi connectivity index (χ2v) is 4.90. The summed E-state index contributed by atoms with van der Waals surface area (Å²) in [4.78, 5) is -0.411. The van der Waals surface area contributed by atoms with Crippen LogP contribution in [-0.4, -0.2) is 8.42 Å². The monoisotopic (exact) mass is 228 g/mol. The molecule has 12 heavy (non-hydrogen) atoms. The molecule has 0 unspecified atom stereocenters. The van der Waals surface area contributed by atoms with Crippen molar-refractivity contribution in [2.45, 2.75) is 4.90 Å². The second kappa shape index (κ2) is 3.20. The molecule has 1 aromatic carbocycles. The first kappa shape index (κ1) is 9.77. The maximum atomic E-state index is 12.7. The molecule has 0 atom stereocenters. The Morgan fingerprint density at radius 2 is 1.92 bits per heavy atom. The van der Waals surface area contributed by atoms with E-state index in [4.69, 9.17) is 22.3 Å². The van der Waals surface area contributed by atoms with Gasteiger partial charge in [0.05, 0.1) is 5.02 Å². The summed E-state index contributed by atoms with van der Waals surface area (Å²) < 4.78 is 34.1. The Hall–Kier alpha value is -0.320. The van der Waals surface area contributed by atoms with Gasteiger partial charge in [0.15, 0.2) is 0 Å². The molecule has 0 radical (unpaired) electrons. The Morgan fingerprint density at radius 3 is 2.33 bits per heavy atom. The van der Waals surface area contributed by atoms with Crippen molar-refractivity contribution in [2.24, 2.45) is 0 Å². The predicted octanol–water partition coefficient (Wildman–Crippen LogP) is 2.41. The van der Waals surface area contributed by atoms with Gasteiger partial charge in [-0.05, 0) is 12.1 Å². The minimum absolute atomic E-state index is 0.411. The van der Waals surface area contributed by atoms with Crippen LogP contribution < -0.4 is 0 Å². The Bertz CT molecular complexity index is 402. The fraction of sp³-hybridized carbons (Fsp3) is 0. The topological polar surface area (TPSA) is 34.1 Å². The van der Waals surface area contributed by atoms with E-state index in [1.807, 2.05) is 0 Å². The Kier molecular flexibility index (Phi) is 2.61. The zero-order chi connectivity index (χ0) is 9.35. The minimum Gasteiger partial charge on any atom is -0.207 e. The third kappa shape index (κ3) is 1.88. The van der Waals surface area contributed by atoms with E-state index in [1.54, 1.807) is 0 Å². The van der Waals surface area contributed by atoms with Gasteiger partial charge in [-0.2, -0.15) is 0 Å². The molecule has 1 aromatic rings. The van der Waals surface area contributed by atoms with Crippen LogP contribution in [-0.2, 0) is 9.05 Å². The average molecular weight is 229 g/mol. The lowest BCUT2D eigenvalue weighted by Gasteiger charge is -1.98. The van der Waals surface area contributed by atoms with Gasteiger partial charge in [0, 0.05) is 10.7 Å². The van der Waals surface area contributed by atoms with Gasteiger partial charge in [0.25, 0.3) is 9.05 Å². The Morgan fingerprint density at radius 1 is 1.33 bits per heavy atom. The highest BCUT2D eigenvalue weighted by molar-refractivity contribution is 8.13. The van der Waals surface area contributed by atoms with Crippen LogP contribution in [0.2, 0.25) is 5.02 Å². The SMILES string of the molecule is O=S(=O)(Cl)c1cccc(F)c1Cl. The molecule has 0 saturated carbocycles. The molecule has 0 fully saturated rings. The zero-order valence-corrected chi connectivity index (χ0v) is 7.92. The molecule has 0 heterocycles. The van der Waals surface area contributed by atoms with Crippen molar-refractivity contribution in [3.63, 3.8) is 0 Å². The van der Waals surface area contributed by atoms with Crippen LogP contribution in [0, 0.1) is 5.82 Å². The van der Waals surface area contributed by atoms with Crippen LogP contribution in [0.4, 0.5) is 4.39 Å². The number of hydrogen-bond acceptors (Lipinski definition) is 2. The molecule has 6 heteroatoms. The van der Waals surface area contributed by atoms with E-state index in [0.29, 0.717) is 0 Å². The molecule has 0 amide bonds. The summed E-state index contributed by atoms with van der Waals surface area (Å²) in [6, 6.07) is 3.40. The molecule has 1 rings (SSSR count). The second-order valence-electron chi connectivity index (χ2n) is 1.99. The fourth-order valence-electron chi connectivity index (χ4n) is 0.672. The maximum Gasteiger partial charge on any atom is 0.262 e. The van der Waals surface area contributed by atoms with Gasteiger partial charge in [0.1, 0.15) is 10.7 Å². The highest BCUT2D eigenvalue weighted by Crippen LogP contribution is 2.26. The summed E-state index contributed by atoms with van der Waals surface area (Å²) in [5.74, 6) is -0.807. The largest absolute Gasteiger partial charge is 0.262 e. The molecule has 2 nitrogen and oxygen atoms in total. The first-order valence-electron chi connectivity index (χ1n) is 2.81. The number of rotatable bonds is 1. The van der Waals surface area contributed by atoms with E-state index in [-0.39, 0.29) is 0 Å². The number of halogens is 3. The average Bonchev–Trinajstić information content (AvgIpc) is 1.92. The van der Waals surface area contributed by atoms with Crippen molar-refractivity contribution in [2.75, 3.05) is 0 Å². The summed E-state index contributed by atoms with van der Waals surface area (Å²) in [7, 11) is 1.00. The lowest BCUT2D eigenvalue weighted by molar-refractivity contribution is 0.602. The third-order valence-electron chi connectivity index (χ3n) is 1.18. The molecular formula is C6H3Cl2FO2S. The molecule has 66 valence electrons. The van der Waals surface area contributed by atoms with Gasteiger partial charge in [-0.15, -0.1) is 0 Å². The van der Waals surface area contributed by atoms with E-state index in [1.165, 1.54) is 6.07 Å². The van der Waals surface area contributed by atoms with E-state index < -0.39 is 24.8 Å². The van der Waals surface area contributed by atoms with E-state index in [0.717, 1.165) is 12.1 Å². The standard InChI is InChI=1S/C6H3Cl2FO2S/c7-6-4(9)2-1-3-5(6)12(8,10)11/h1-3H. The molecule has 0 N–H and O–H groups in total. The van der Waals surface area contributed by atoms with Gasteiger partial charge in [-0.3, -0.25) is 0 Å². The van der Waals surface area contributed by atoms with E-state index in [2.05, 4.69) is 0 Å². The number of hydrogen-bond donors (Lipinski definition) is 0. The Balaban J connectivity index is 3.47. The van der Waals surface area contributed by atoms with Crippen molar-refractivity contribution in [1.29, 1.82) is 0 Å². The number of benzene rings is 1. The van der Waals surface area contributed by atoms with Crippen LogP contribution in [0.1, 0.15) is 0 Å². The van der Waals surface area contributed by atoms with Crippen LogP contribution in [0.15, 0.2) is 23.1 Å². The summed E-state index contributed by atoms with van der Waals surface area (Å²) in [5.41, 5.74) is 0. The van der Waals surface area contributed by atoms with Crippen molar-refractivity contribution in [3.05, 3.63) is 29.0 Å². The highest BCUT2D eigenvalue weighted by atomic mass is 35.7. The Labute approximate surface area is 78.3 Å². The van der Waals surface area contributed by atoms with Gasteiger partial charge in [0.2, 0.25) is 0 Å². The third-order valence-corrected chi connectivity index (χ3v) is 3.04. The molecular weight excluding hydrogens is 226 g/mol. The van der Waals surface area contributed by atoms with Crippen molar-refractivity contribution in [3.8, 4) is 0 Å². The summed E-state index contributed by atoms with van der Waals surface area (Å²) >= 11 is 5.34. The molecule has 0 aliphatic heterocycles. The highest BCUT2D eigenvalue weighted by Gasteiger charge is 2.16. The van der Waals surface area contributed by atoms with Crippen LogP contribution in [0.3, 0.4) is 0 Å². The lowest BCUT2D eigenvalue weighted by atomic mass is 10.3. The summed E-state index contributed by atoms with van der Waals surface area (Å²) in [6.07, 6.45) is 0. The van der Waals surface area contributed by atoms with Crippen molar-refractivity contribution in [1.82, 2.24) is 0 Å². The lowest BCUT2D eigenvalue weighted by Crippen LogP contribution is -1.93. The van der Waals surface area contributed by atoms with E-state index >= 15 is 0 Å². The van der Waals surface area contributed by atoms with Crippen LogP contribution in [0.25, 0.3) is 0 Å².